The molecule has 0 unspecified atom stereocenters. The maximum atomic E-state index is 11.0. The fraction of sp³-hybridized carbons (Fsp3) is 0.571. The van der Waals surface area contributed by atoms with E-state index >= 15 is 0 Å². The predicted octanol–water partition coefficient (Wildman–Crippen LogP) is -0.345. The molecule has 0 saturated carbocycles. The Morgan fingerprint density at radius 2 is 2.23 bits per heavy atom. The van der Waals surface area contributed by atoms with Crippen LogP contribution in [0.2, 0.25) is 0 Å². The fourth-order valence-electron chi connectivity index (χ4n) is 0.595. The van der Waals surface area contributed by atoms with E-state index in [4.69, 9.17) is 0 Å². The van der Waals surface area contributed by atoms with E-state index in [1.165, 1.54) is 6.08 Å². The quantitative estimate of drug-likeness (QED) is 0.477. The van der Waals surface area contributed by atoms with Gasteiger partial charge in [0.1, 0.15) is 0 Å². The van der Waals surface area contributed by atoms with Gasteiger partial charge in [-0.1, -0.05) is 6.08 Å². The third-order valence-electron chi connectivity index (χ3n) is 1.06. The lowest BCUT2D eigenvalue weighted by atomic mass is 10.7. The van der Waals surface area contributed by atoms with Crippen LogP contribution in [0, 0.1) is 0 Å². The summed E-state index contributed by atoms with van der Waals surface area (Å²) in [5, 5.41) is 0. The first-order valence-corrected chi connectivity index (χ1v) is 5.41. The lowest BCUT2D eigenvalue weighted by molar-refractivity contribution is -0.139. The molecule has 0 aromatic carbocycles. The summed E-state index contributed by atoms with van der Waals surface area (Å²) in [4.78, 5) is 10.8. The Hall–Kier alpha value is -0.880. The second-order valence-corrected chi connectivity index (χ2v) is 4.01. The highest BCUT2D eigenvalue weighted by Gasteiger charge is 2.15. The van der Waals surface area contributed by atoms with E-state index in [1.807, 2.05) is 0 Å². The summed E-state index contributed by atoms with van der Waals surface area (Å²) in [6.07, 6.45) is 1.39. The Bertz CT molecular complexity index is 270. The molecular weight excluding hydrogens is 194 g/mol. The van der Waals surface area contributed by atoms with E-state index in [1.54, 1.807) is 6.92 Å². The average Bonchev–Trinajstić information content (AvgIpc) is 2.00. The summed E-state index contributed by atoms with van der Waals surface area (Å²) in [6.45, 7) is 5.24. The summed E-state index contributed by atoms with van der Waals surface area (Å²) in [5.41, 5.74) is 0. The van der Waals surface area contributed by atoms with Crippen molar-refractivity contribution in [3.8, 4) is 0 Å². The first kappa shape index (κ1) is 12.1. The fourth-order valence-corrected chi connectivity index (χ4v) is 1.46. The Balaban J connectivity index is 4.02. The topological polar surface area (TPSA) is 72.5 Å². The van der Waals surface area contributed by atoms with Gasteiger partial charge in [-0.2, -0.15) is 0 Å². The lowest BCUT2D eigenvalue weighted by Gasteiger charge is -2.03. The minimum atomic E-state index is -3.56. The highest BCUT2D eigenvalue weighted by Crippen LogP contribution is 1.87. The van der Waals surface area contributed by atoms with Crippen LogP contribution in [0.4, 0.5) is 0 Å². The monoisotopic (exact) mass is 207 g/mol. The normalized spacial score (nSPS) is 10.8. The molecule has 0 aromatic heterocycles. The van der Waals surface area contributed by atoms with Crippen LogP contribution < -0.4 is 4.72 Å². The van der Waals surface area contributed by atoms with Crippen molar-refractivity contribution in [2.45, 2.75) is 6.92 Å². The lowest BCUT2D eigenvalue weighted by Crippen LogP contribution is -2.31. The number of rotatable bonds is 6. The zero-order valence-corrected chi connectivity index (χ0v) is 8.26. The van der Waals surface area contributed by atoms with Gasteiger partial charge in [0.25, 0.3) is 0 Å². The number of nitrogens with one attached hydrogen (secondary N) is 1. The standard InChI is InChI=1S/C7H13NO4S/c1-3-5-8-13(10,11)6-7(9)12-4-2/h3,8H,1,4-6H2,2H3. The van der Waals surface area contributed by atoms with E-state index < -0.39 is 21.7 Å². The molecule has 0 saturated heterocycles. The minimum absolute atomic E-state index is 0.113. The van der Waals surface area contributed by atoms with Gasteiger partial charge in [-0.05, 0) is 6.92 Å². The van der Waals surface area contributed by atoms with Crippen LogP contribution in [0.15, 0.2) is 12.7 Å². The molecule has 0 aliphatic carbocycles. The molecule has 0 amide bonds. The van der Waals surface area contributed by atoms with Crippen molar-refractivity contribution in [2.75, 3.05) is 18.9 Å². The van der Waals surface area contributed by atoms with Crippen LogP contribution in [0.5, 0.6) is 0 Å². The number of esters is 1. The van der Waals surface area contributed by atoms with Gasteiger partial charge in [0, 0.05) is 6.54 Å². The summed E-state index contributed by atoms with van der Waals surface area (Å²) in [6, 6.07) is 0. The smallest absolute Gasteiger partial charge is 0.322 e. The maximum absolute atomic E-state index is 11.0. The number of carbonyl (C=O) groups is 1. The molecule has 0 fully saturated rings. The van der Waals surface area contributed by atoms with Crippen LogP contribution in [0.1, 0.15) is 6.92 Å². The molecule has 6 heteroatoms. The first-order valence-electron chi connectivity index (χ1n) is 3.75. The van der Waals surface area contributed by atoms with Gasteiger partial charge in [0.15, 0.2) is 5.75 Å². The molecule has 0 rings (SSSR count). The molecule has 0 bridgehead atoms. The Morgan fingerprint density at radius 1 is 1.62 bits per heavy atom. The first-order chi connectivity index (χ1) is 6.02. The maximum Gasteiger partial charge on any atom is 0.322 e. The Morgan fingerprint density at radius 3 is 2.69 bits per heavy atom. The molecule has 76 valence electrons. The number of hydrogen-bond donors (Lipinski definition) is 1. The second-order valence-electron chi connectivity index (χ2n) is 2.20. The van der Waals surface area contributed by atoms with Gasteiger partial charge in [0.2, 0.25) is 10.0 Å². The van der Waals surface area contributed by atoms with Gasteiger partial charge in [0.05, 0.1) is 6.61 Å². The van der Waals surface area contributed by atoms with E-state index in [0.29, 0.717) is 0 Å². The summed E-state index contributed by atoms with van der Waals surface area (Å²) < 4.78 is 28.7. The van der Waals surface area contributed by atoms with Crippen molar-refractivity contribution in [1.29, 1.82) is 0 Å². The van der Waals surface area contributed by atoms with Crippen molar-refractivity contribution in [3.05, 3.63) is 12.7 Å². The van der Waals surface area contributed by atoms with Gasteiger partial charge in [-0.15, -0.1) is 6.58 Å². The molecule has 0 aromatic rings. The predicted molar refractivity (Wildman–Crippen MR) is 48.6 cm³/mol. The molecule has 13 heavy (non-hydrogen) atoms. The molecule has 0 aliphatic heterocycles. The van der Waals surface area contributed by atoms with E-state index in [0.717, 1.165) is 0 Å². The zero-order chi connectivity index (χ0) is 10.3. The molecular formula is C7H13NO4S. The van der Waals surface area contributed by atoms with E-state index in [2.05, 4.69) is 16.0 Å². The van der Waals surface area contributed by atoms with Crippen molar-refractivity contribution in [3.63, 3.8) is 0 Å². The molecule has 1 N–H and O–H groups in total. The van der Waals surface area contributed by atoms with Gasteiger partial charge in [-0.25, -0.2) is 13.1 Å². The molecule has 0 atom stereocenters. The highest BCUT2D eigenvalue weighted by molar-refractivity contribution is 7.90. The molecule has 0 spiro atoms. The second kappa shape index (κ2) is 5.71. The summed E-state index contributed by atoms with van der Waals surface area (Å²) >= 11 is 0. The summed E-state index contributed by atoms with van der Waals surface area (Å²) in [7, 11) is -3.56. The van der Waals surface area contributed by atoms with E-state index in [9.17, 15) is 13.2 Å². The largest absolute Gasteiger partial charge is 0.465 e. The number of hydrogen-bond acceptors (Lipinski definition) is 4. The molecule has 0 radical (unpaired) electrons. The molecule has 0 aliphatic rings. The van der Waals surface area contributed by atoms with Crippen LogP contribution in [0.3, 0.4) is 0 Å². The third-order valence-corrected chi connectivity index (χ3v) is 2.28. The van der Waals surface area contributed by atoms with Crippen molar-refractivity contribution in [2.24, 2.45) is 0 Å². The van der Waals surface area contributed by atoms with Gasteiger partial charge in [-0.3, -0.25) is 4.79 Å². The van der Waals surface area contributed by atoms with Crippen molar-refractivity contribution < 1.29 is 17.9 Å². The van der Waals surface area contributed by atoms with Crippen LogP contribution in [0.25, 0.3) is 0 Å². The van der Waals surface area contributed by atoms with E-state index in [-0.39, 0.29) is 13.2 Å². The Kier molecular flexibility index (Phi) is 5.33. The van der Waals surface area contributed by atoms with Crippen LogP contribution in [-0.4, -0.2) is 33.3 Å². The number of carbonyl (C=O) groups excluding carboxylic acids is 1. The van der Waals surface area contributed by atoms with Gasteiger partial charge >= 0.3 is 5.97 Å². The zero-order valence-electron chi connectivity index (χ0n) is 7.45. The molecule has 5 nitrogen and oxygen atoms in total. The van der Waals surface area contributed by atoms with Crippen molar-refractivity contribution >= 4 is 16.0 Å². The SMILES string of the molecule is C=CCNS(=O)(=O)CC(=O)OCC. The number of sulfonamides is 1. The highest BCUT2D eigenvalue weighted by atomic mass is 32.2. The minimum Gasteiger partial charge on any atom is -0.465 e. The van der Waals surface area contributed by atoms with Crippen LogP contribution in [-0.2, 0) is 19.6 Å². The third kappa shape index (κ3) is 6.30. The van der Waals surface area contributed by atoms with Crippen molar-refractivity contribution in [1.82, 2.24) is 4.72 Å². The Labute approximate surface area is 77.8 Å². The number of ether oxygens (including phenoxy) is 1. The average molecular weight is 207 g/mol. The van der Waals surface area contributed by atoms with Crippen LogP contribution >= 0.6 is 0 Å². The van der Waals surface area contributed by atoms with Gasteiger partial charge < -0.3 is 4.74 Å². The molecule has 0 heterocycles. The summed E-state index contributed by atoms with van der Waals surface area (Å²) in [5.74, 6) is -1.40.